The zero-order chi connectivity index (χ0) is 15.4. The molecule has 6 heteroatoms. The molecule has 0 heterocycles. The van der Waals surface area contributed by atoms with Gasteiger partial charge in [0.15, 0.2) is 0 Å². The summed E-state index contributed by atoms with van der Waals surface area (Å²) in [7, 11) is -1.84. The molecule has 0 atom stereocenters. The molecule has 2 aromatic rings. The largest absolute Gasteiger partial charge is 0.491 e. The second kappa shape index (κ2) is 6.94. The van der Waals surface area contributed by atoms with Gasteiger partial charge in [0.2, 0.25) is 0 Å². The molecule has 0 unspecified atom stereocenters. The fourth-order valence-corrected chi connectivity index (χ4v) is 2.21. The number of benzene rings is 2. The van der Waals surface area contributed by atoms with E-state index in [1.807, 2.05) is 13.0 Å². The van der Waals surface area contributed by atoms with Crippen LogP contribution in [0.1, 0.15) is 18.1 Å². The van der Waals surface area contributed by atoms with Gasteiger partial charge in [-0.15, -0.1) is 0 Å². The molecular formula is C15H15BClFO3. The first-order valence-corrected chi connectivity index (χ1v) is 6.94. The number of ether oxygens (including phenoxy) is 1. The van der Waals surface area contributed by atoms with Gasteiger partial charge in [-0.25, -0.2) is 4.39 Å². The average Bonchev–Trinajstić information content (AvgIpc) is 2.47. The van der Waals surface area contributed by atoms with E-state index in [1.54, 1.807) is 12.1 Å². The first-order valence-electron chi connectivity index (χ1n) is 6.57. The maximum atomic E-state index is 13.4. The van der Waals surface area contributed by atoms with Gasteiger partial charge in [0, 0.05) is 10.5 Å². The summed E-state index contributed by atoms with van der Waals surface area (Å²) >= 11 is 6.03. The molecule has 0 amide bonds. The van der Waals surface area contributed by atoms with E-state index in [0.29, 0.717) is 16.3 Å². The molecule has 0 aliphatic heterocycles. The molecule has 2 rings (SSSR count). The lowest BCUT2D eigenvalue weighted by atomic mass is 9.79. The second-order valence-corrected chi connectivity index (χ2v) is 5.03. The third kappa shape index (κ3) is 3.97. The van der Waals surface area contributed by atoms with Crippen LogP contribution >= 0.6 is 11.6 Å². The lowest BCUT2D eigenvalue weighted by Gasteiger charge is -2.10. The van der Waals surface area contributed by atoms with Crippen molar-refractivity contribution in [1.29, 1.82) is 0 Å². The summed E-state index contributed by atoms with van der Waals surface area (Å²) in [6.45, 7) is 2.20. The monoisotopic (exact) mass is 308 g/mol. The standard InChI is InChI=1S/C15H15BClFO3/c1-2-11-8-12(4-5-14(11)17)21-9-10-3-6-15(18)13(7-10)16(19)20/h3-8,19-20H,2,9H2,1H3. The van der Waals surface area contributed by atoms with Crippen LogP contribution in [0.5, 0.6) is 5.75 Å². The van der Waals surface area contributed by atoms with Crippen molar-refractivity contribution in [3.8, 4) is 5.75 Å². The van der Waals surface area contributed by atoms with Crippen molar-refractivity contribution in [3.05, 3.63) is 58.4 Å². The quantitative estimate of drug-likeness (QED) is 0.833. The summed E-state index contributed by atoms with van der Waals surface area (Å²) in [5, 5.41) is 18.8. The maximum Gasteiger partial charge on any atom is 0.491 e. The Bertz CT molecular complexity index is 634. The van der Waals surface area contributed by atoms with Gasteiger partial charge in [-0.2, -0.15) is 0 Å². The summed E-state index contributed by atoms with van der Waals surface area (Å²) in [5.74, 6) is 0.000170. The normalized spacial score (nSPS) is 10.5. The Labute approximate surface area is 128 Å². The molecule has 0 spiro atoms. The summed E-state index contributed by atoms with van der Waals surface area (Å²) in [6.07, 6.45) is 0.799. The van der Waals surface area contributed by atoms with Gasteiger partial charge >= 0.3 is 7.12 Å². The van der Waals surface area contributed by atoms with E-state index in [0.717, 1.165) is 12.0 Å². The highest BCUT2D eigenvalue weighted by Gasteiger charge is 2.16. The number of aryl methyl sites for hydroxylation is 1. The van der Waals surface area contributed by atoms with Gasteiger partial charge in [0.1, 0.15) is 18.2 Å². The van der Waals surface area contributed by atoms with Crippen LogP contribution in [0.3, 0.4) is 0 Å². The molecule has 0 radical (unpaired) electrons. The third-order valence-electron chi connectivity index (χ3n) is 3.14. The second-order valence-electron chi connectivity index (χ2n) is 4.62. The Morgan fingerprint density at radius 2 is 1.95 bits per heavy atom. The number of rotatable bonds is 5. The topological polar surface area (TPSA) is 49.7 Å². The van der Waals surface area contributed by atoms with Crippen molar-refractivity contribution >= 4 is 24.2 Å². The smallest absolute Gasteiger partial charge is 0.489 e. The fourth-order valence-electron chi connectivity index (χ4n) is 1.96. The highest BCUT2D eigenvalue weighted by Crippen LogP contribution is 2.23. The molecule has 0 aromatic heterocycles. The summed E-state index contributed by atoms with van der Waals surface area (Å²) in [5.41, 5.74) is 1.47. The van der Waals surface area contributed by atoms with Crippen LogP contribution in [0.15, 0.2) is 36.4 Å². The van der Waals surface area contributed by atoms with Crippen LogP contribution in [0.2, 0.25) is 5.02 Å². The van der Waals surface area contributed by atoms with Gasteiger partial charge in [-0.3, -0.25) is 0 Å². The molecule has 0 aliphatic rings. The van der Waals surface area contributed by atoms with Gasteiger partial charge < -0.3 is 14.8 Å². The third-order valence-corrected chi connectivity index (χ3v) is 3.51. The van der Waals surface area contributed by atoms with Crippen LogP contribution in [0.4, 0.5) is 4.39 Å². The highest BCUT2D eigenvalue weighted by atomic mass is 35.5. The zero-order valence-corrected chi connectivity index (χ0v) is 12.3. The van der Waals surface area contributed by atoms with Crippen LogP contribution < -0.4 is 10.2 Å². The summed E-state index contributed by atoms with van der Waals surface area (Å²) < 4.78 is 19.0. The van der Waals surface area contributed by atoms with Crippen LogP contribution in [-0.2, 0) is 13.0 Å². The van der Waals surface area contributed by atoms with E-state index in [-0.39, 0.29) is 12.1 Å². The first-order chi connectivity index (χ1) is 10.0. The first kappa shape index (κ1) is 15.8. The molecule has 110 valence electrons. The molecule has 3 nitrogen and oxygen atoms in total. The van der Waals surface area contributed by atoms with E-state index in [9.17, 15) is 4.39 Å². The molecular weight excluding hydrogens is 293 g/mol. The minimum absolute atomic E-state index is 0.165. The van der Waals surface area contributed by atoms with Crippen molar-refractivity contribution in [2.75, 3.05) is 0 Å². The molecule has 0 saturated carbocycles. The maximum absolute atomic E-state index is 13.4. The van der Waals surface area contributed by atoms with Crippen LogP contribution in [-0.4, -0.2) is 17.2 Å². The van der Waals surface area contributed by atoms with Crippen molar-refractivity contribution in [2.45, 2.75) is 20.0 Å². The van der Waals surface area contributed by atoms with E-state index in [2.05, 4.69) is 0 Å². The van der Waals surface area contributed by atoms with Gasteiger partial charge in [-0.05, 0) is 41.8 Å². The Kier molecular flexibility index (Phi) is 5.23. The predicted octanol–water partition coefficient (Wildman–Crippen LogP) is 2.30. The van der Waals surface area contributed by atoms with E-state index in [1.165, 1.54) is 18.2 Å². The molecule has 2 aromatic carbocycles. The lowest BCUT2D eigenvalue weighted by molar-refractivity contribution is 0.306. The molecule has 2 N–H and O–H groups in total. The Hall–Kier alpha value is -1.56. The summed E-state index contributed by atoms with van der Waals surface area (Å²) in [4.78, 5) is 0. The Morgan fingerprint density at radius 1 is 1.19 bits per heavy atom. The molecule has 0 fully saturated rings. The van der Waals surface area contributed by atoms with Crippen molar-refractivity contribution in [2.24, 2.45) is 0 Å². The number of hydrogen-bond acceptors (Lipinski definition) is 3. The molecule has 0 saturated heterocycles. The minimum Gasteiger partial charge on any atom is -0.489 e. The SMILES string of the molecule is CCc1cc(OCc2ccc(F)c(B(O)O)c2)ccc1Cl. The molecule has 0 aliphatic carbocycles. The van der Waals surface area contributed by atoms with Crippen molar-refractivity contribution in [1.82, 2.24) is 0 Å². The van der Waals surface area contributed by atoms with Gasteiger partial charge in [0.25, 0.3) is 0 Å². The highest BCUT2D eigenvalue weighted by molar-refractivity contribution is 6.58. The predicted molar refractivity (Wildman–Crippen MR) is 81.4 cm³/mol. The number of hydrogen-bond donors (Lipinski definition) is 2. The van der Waals surface area contributed by atoms with Crippen LogP contribution in [0, 0.1) is 5.82 Å². The van der Waals surface area contributed by atoms with Gasteiger partial charge in [-0.1, -0.05) is 30.7 Å². The Balaban J connectivity index is 2.11. The van der Waals surface area contributed by atoms with Crippen molar-refractivity contribution < 1.29 is 19.2 Å². The zero-order valence-electron chi connectivity index (χ0n) is 11.5. The number of halogens is 2. The lowest BCUT2D eigenvalue weighted by Crippen LogP contribution is -2.33. The Morgan fingerprint density at radius 3 is 2.62 bits per heavy atom. The fraction of sp³-hybridized carbons (Fsp3) is 0.200. The average molecular weight is 309 g/mol. The van der Waals surface area contributed by atoms with Crippen molar-refractivity contribution in [3.63, 3.8) is 0 Å². The van der Waals surface area contributed by atoms with Crippen LogP contribution in [0.25, 0.3) is 0 Å². The minimum atomic E-state index is -1.84. The van der Waals surface area contributed by atoms with E-state index < -0.39 is 12.9 Å². The van der Waals surface area contributed by atoms with Gasteiger partial charge in [0.05, 0.1) is 0 Å². The summed E-state index contributed by atoms with van der Waals surface area (Å²) in [6, 6.07) is 9.48. The van der Waals surface area contributed by atoms with E-state index >= 15 is 0 Å². The molecule has 21 heavy (non-hydrogen) atoms. The molecule has 0 bridgehead atoms. The van der Waals surface area contributed by atoms with E-state index in [4.69, 9.17) is 26.4 Å².